The van der Waals surface area contributed by atoms with E-state index >= 15 is 0 Å². The highest BCUT2D eigenvalue weighted by molar-refractivity contribution is 7.77. The first-order valence-corrected chi connectivity index (χ1v) is 10.5. The molecule has 1 aromatic carbocycles. The van der Waals surface area contributed by atoms with E-state index in [1.165, 1.54) is 0 Å². The highest BCUT2D eigenvalue weighted by atomic mass is 32.2. The van der Waals surface area contributed by atoms with Crippen LogP contribution in [-0.4, -0.2) is 10.2 Å². The number of aliphatic hydroxyl groups excluding tert-OH is 2. The van der Waals surface area contributed by atoms with Gasteiger partial charge in [0.05, 0.1) is 12.2 Å². The van der Waals surface area contributed by atoms with Crippen LogP contribution in [0.3, 0.4) is 0 Å². The van der Waals surface area contributed by atoms with Gasteiger partial charge in [0, 0.05) is 21.2 Å². The van der Waals surface area contributed by atoms with Crippen LogP contribution in [0.15, 0.2) is 24.3 Å². The maximum Gasteiger partial charge on any atom is 0.144 e. The Bertz CT molecular complexity index is 922. The number of benzene rings is 1. The smallest absolute Gasteiger partial charge is 0.144 e. The summed E-state index contributed by atoms with van der Waals surface area (Å²) in [5.74, 6) is 0.903. The number of hydrogen-bond donors (Lipinski definition) is 2. The number of allylic oxidation sites excluding steroid dienone is 2. The van der Waals surface area contributed by atoms with Crippen molar-refractivity contribution in [2.45, 2.75) is 32.5 Å². The van der Waals surface area contributed by atoms with Gasteiger partial charge in [-0.25, -0.2) is 0 Å². The van der Waals surface area contributed by atoms with Gasteiger partial charge in [-0.05, 0) is 46.9 Å². The second-order valence-electron chi connectivity index (χ2n) is 8.19. The van der Waals surface area contributed by atoms with Crippen molar-refractivity contribution in [2.24, 2.45) is 29.1 Å². The van der Waals surface area contributed by atoms with E-state index in [2.05, 4.69) is 38.1 Å². The van der Waals surface area contributed by atoms with Crippen LogP contribution in [0.5, 0.6) is 0 Å². The van der Waals surface area contributed by atoms with Gasteiger partial charge >= 0.3 is 0 Å². The quantitative estimate of drug-likeness (QED) is 0.488. The first-order valence-electron chi connectivity index (χ1n) is 8.49. The lowest BCUT2D eigenvalue weighted by Crippen LogP contribution is -2.52. The van der Waals surface area contributed by atoms with Crippen molar-refractivity contribution in [3.63, 3.8) is 0 Å². The van der Waals surface area contributed by atoms with Gasteiger partial charge in [-0.2, -0.15) is 0 Å². The SMILES string of the molecule is CC1(C)CC2C=CC1C1C(O)c3cc4sc(=S)sc4cc3C(O)C21. The van der Waals surface area contributed by atoms with Crippen LogP contribution in [0.2, 0.25) is 0 Å². The summed E-state index contributed by atoms with van der Waals surface area (Å²) in [6, 6.07) is 4.15. The lowest BCUT2D eigenvalue weighted by atomic mass is 9.48. The molecule has 2 aromatic rings. The number of fused-ring (bicyclic) bond motifs is 3. The van der Waals surface area contributed by atoms with Crippen molar-refractivity contribution in [1.82, 2.24) is 0 Å². The number of hydrogen-bond acceptors (Lipinski definition) is 5. The predicted octanol–water partition coefficient (Wildman–Crippen LogP) is 5.24. The molecular weight excluding hydrogens is 356 g/mol. The summed E-state index contributed by atoms with van der Waals surface area (Å²) in [6.45, 7) is 4.60. The van der Waals surface area contributed by atoms with Gasteiger partial charge in [0.25, 0.3) is 0 Å². The van der Waals surface area contributed by atoms with Gasteiger partial charge in [0.1, 0.15) is 3.14 Å². The van der Waals surface area contributed by atoms with Gasteiger partial charge < -0.3 is 10.2 Å². The molecule has 1 saturated carbocycles. The zero-order valence-electron chi connectivity index (χ0n) is 13.6. The third-order valence-corrected chi connectivity index (χ3v) is 9.06. The summed E-state index contributed by atoms with van der Waals surface area (Å²) in [5, 5.41) is 22.4. The molecule has 4 aliphatic carbocycles. The van der Waals surface area contributed by atoms with Gasteiger partial charge in [-0.3, -0.25) is 0 Å². The van der Waals surface area contributed by atoms with E-state index in [0.29, 0.717) is 11.8 Å². The Labute approximate surface area is 154 Å². The molecular formula is C19H20O2S3. The molecule has 2 bridgehead atoms. The van der Waals surface area contributed by atoms with E-state index in [1.54, 1.807) is 22.7 Å². The summed E-state index contributed by atoms with van der Waals surface area (Å²) >= 11 is 8.53. The molecule has 0 spiro atoms. The maximum absolute atomic E-state index is 11.2. The third kappa shape index (κ3) is 1.96. The second kappa shape index (κ2) is 4.98. The highest BCUT2D eigenvalue weighted by Gasteiger charge is 2.56. The Morgan fingerprint density at radius 2 is 1.58 bits per heavy atom. The van der Waals surface area contributed by atoms with E-state index in [4.69, 9.17) is 12.2 Å². The minimum Gasteiger partial charge on any atom is -0.388 e. The topological polar surface area (TPSA) is 40.5 Å². The lowest BCUT2D eigenvalue weighted by molar-refractivity contribution is -0.116. The van der Waals surface area contributed by atoms with E-state index in [1.807, 2.05) is 0 Å². The Hall–Kier alpha value is -0.590. The van der Waals surface area contributed by atoms with Gasteiger partial charge in [-0.15, -0.1) is 22.7 Å². The minimum absolute atomic E-state index is 0.107. The molecule has 4 aliphatic rings. The fourth-order valence-electron chi connectivity index (χ4n) is 5.50. The fraction of sp³-hybridized carbons (Fsp3) is 0.526. The molecule has 1 heterocycles. The largest absolute Gasteiger partial charge is 0.388 e. The summed E-state index contributed by atoms with van der Waals surface area (Å²) < 4.78 is 3.16. The summed E-state index contributed by atoms with van der Waals surface area (Å²) in [4.78, 5) is 0. The lowest BCUT2D eigenvalue weighted by Gasteiger charge is -2.58. The average Bonchev–Trinajstić information content (AvgIpc) is 2.89. The molecule has 6 unspecified atom stereocenters. The summed E-state index contributed by atoms with van der Waals surface area (Å²) in [6.07, 6.45) is 4.67. The molecule has 1 aromatic heterocycles. The first-order chi connectivity index (χ1) is 11.4. The van der Waals surface area contributed by atoms with E-state index in [-0.39, 0.29) is 17.3 Å². The standard InChI is InChI=1S/C19H20O2S3/c1-19(2)7-8-3-4-11(19)15-14(8)16(20)9-5-12-13(24-18(22)23-12)6-10(9)17(15)21/h3-6,8,11,14-17,20-21H,7H2,1-2H3. The Balaban J connectivity index is 1.72. The van der Waals surface area contributed by atoms with Gasteiger partial charge in [0.15, 0.2) is 0 Å². The van der Waals surface area contributed by atoms with E-state index < -0.39 is 12.2 Å². The molecule has 6 atom stereocenters. The Morgan fingerprint density at radius 1 is 1.00 bits per heavy atom. The summed E-state index contributed by atoms with van der Waals surface area (Å²) in [5.41, 5.74) is 2.01. The molecule has 2 nitrogen and oxygen atoms in total. The second-order valence-corrected chi connectivity index (χ2v) is 11.5. The number of rotatable bonds is 0. The van der Waals surface area contributed by atoms with Crippen molar-refractivity contribution < 1.29 is 10.2 Å². The Morgan fingerprint density at radius 3 is 2.17 bits per heavy atom. The Kier molecular flexibility index (Phi) is 3.25. The molecule has 126 valence electrons. The third-order valence-electron chi connectivity index (χ3n) is 6.49. The molecule has 2 N–H and O–H groups in total. The molecule has 0 aliphatic heterocycles. The molecule has 0 radical (unpaired) electrons. The van der Waals surface area contributed by atoms with Crippen molar-refractivity contribution >= 4 is 44.3 Å². The first kappa shape index (κ1) is 15.6. The summed E-state index contributed by atoms with van der Waals surface area (Å²) in [7, 11) is 0. The molecule has 1 fully saturated rings. The van der Waals surface area contributed by atoms with Crippen LogP contribution < -0.4 is 0 Å². The van der Waals surface area contributed by atoms with Crippen molar-refractivity contribution in [3.8, 4) is 0 Å². The molecule has 24 heavy (non-hydrogen) atoms. The number of aliphatic hydroxyl groups is 2. The normalized spacial score (nSPS) is 39.0. The van der Waals surface area contributed by atoms with Crippen LogP contribution in [0.1, 0.15) is 43.6 Å². The van der Waals surface area contributed by atoms with E-state index in [0.717, 1.165) is 30.1 Å². The molecule has 0 saturated heterocycles. The minimum atomic E-state index is -0.504. The molecule has 5 heteroatoms. The van der Waals surface area contributed by atoms with E-state index in [9.17, 15) is 10.2 Å². The van der Waals surface area contributed by atoms with Crippen molar-refractivity contribution in [2.75, 3.05) is 0 Å². The molecule has 6 rings (SSSR count). The van der Waals surface area contributed by atoms with Gasteiger partial charge in [0.2, 0.25) is 0 Å². The van der Waals surface area contributed by atoms with Gasteiger partial charge in [-0.1, -0.05) is 38.2 Å². The van der Waals surface area contributed by atoms with Crippen LogP contribution in [0.25, 0.3) is 9.40 Å². The predicted molar refractivity (Wildman–Crippen MR) is 102 cm³/mol. The van der Waals surface area contributed by atoms with Crippen LogP contribution in [-0.2, 0) is 0 Å². The zero-order valence-corrected chi connectivity index (χ0v) is 16.0. The monoisotopic (exact) mass is 376 g/mol. The maximum atomic E-state index is 11.2. The average molecular weight is 377 g/mol. The van der Waals surface area contributed by atoms with Crippen molar-refractivity contribution in [1.29, 1.82) is 0 Å². The van der Waals surface area contributed by atoms with Crippen LogP contribution >= 0.6 is 34.9 Å². The fourth-order valence-corrected chi connectivity index (χ4v) is 8.05. The zero-order chi connectivity index (χ0) is 16.8. The molecule has 0 amide bonds. The highest BCUT2D eigenvalue weighted by Crippen LogP contribution is 2.63. The van der Waals surface area contributed by atoms with Crippen molar-refractivity contribution in [3.05, 3.63) is 38.5 Å². The van der Waals surface area contributed by atoms with Crippen LogP contribution in [0.4, 0.5) is 0 Å². The van der Waals surface area contributed by atoms with Crippen LogP contribution in [0, 0.1) is 32.2 Å².